The first-order chi connectivity index (χ1) is 21.2. The summed E-state index contributed by atoms with van der Waals surface area (Å²) in [5, 5.41) is 12.3. The van der Waals surface area contributed by atoms with Gasteiger partial charge in [0.2, 0.25) is 15.9 Å². The Balaban J connectivity index is 1.30. The summed E-state index contributed by atoms with van der Waals surface area (Å²) in [5.74, 6) is 0.606. The van der Waals surface area contributed by atoms with Gasteiger partial charge >= 0.3 is 0 Å². The Morgan fingerprint density at radius 3 is 2.11 bits per heavy atom. The molecule has 4 atom stereocenters. The monoisotopic (exact) mass is 632 g/mol. The van der Waals surface area contributed by atoms with E-state index in [1.54, 1.807) is 42.1 Å². The van der Waals surface area contributed by atoms with Crippen LogP contribution in [-0.2, 0) is 37.4 Å². The third-order valence-corrected chi connectivity index (χ3v) is 10.0. The number of ether oxygens (including phenoxy) is 2. The molecule has 0 unspecified atom stereocenters. The van der Waals surface area contributed by atoms with Crippen molar-refractivity contribution in [1.29, 1.82) is 0 Å². The van der Waals surface area contributed by atoms with Crippen LogP contribution in [0.5, 0.6) is 0 Å². The molecule has 0 saturated carbocycles. The van der Waals surface area contributed by atoms with Gasteiger partial charge < -0.3 is 19.9 Å². The number of nitrogens with one attached hydrogen (secondary N) is 2. The first-order valence-electron chi connectivity index (χ1n) is 14.4. The standard InChI is InChI=1S/C34H36N2O6S2/c1-23-32(22-43-30-18-16-29(17-19-30)36-24(2)38)41-34(42-33(23)27-12-10-26(21-37)11-13-27)28-14-8-25(9-15-28)20-35-44(39,40)31-6-4-3-5-7-31/h3-19,23,32-35,37H,20-22H2,1-2H3,(H,36,38)/t23-,32+,33+,34+/m0/s1. The zero-order valence-electron chi connectivity index (χ0n) is 24.6. The number of rotatable bonds is 11. The van der Waals surface area contributed by atoms with Gasteiger partial charge in [0.05, 0.1) is 23.7 Å². The van der Waals surface area contributed by atoms with Crippen LogP contribution in [0.1, 0.15) is 48.5 Å². The van der Waals surface area contributed by atoms with E-state index in [1.807, 2.05) is 72.8 Å². The fraction of sp³-hybridized carbons (Fsp3) is 0.265. The third-order valence-electron chi connectivity index (χ3n) is 7.48. The topological polar surface area (TPSA) is 114 Å². The van der Waals surface area contributed by atoms with Crippen molar-refractivity contribution in [1.82, 2.24) is 4.72 Å². The first kappa shape index (κ1) is 31.9. The highest BCUT2D eigenvalue weighted by Gasteiger charge is 2.38. The summed E-state index contributed by atoms with van der Waals surface area (Å²) in [6.45, 7) is 3.73. The maximum Gasteiger partial charge on any atom is 0.240 e. The largest absolute Gasteiger partial charge is 0.392 e. The molecule has 1 amide bonds. The summed E-state index contributed by atoms with van der Waals surface area (Å²) in [5.41, 5.74) is 4.23. The van der Waals surface area contributed by atoms with Crippen LogP contribution < -0.4 is 10.0 Å². The Morgan fingerprint density at radius 1 is 0.841 bits per heavy atom. The molecule has 4 aromatic carbocycles. The van der Waals surface area contributed by atoms with Crippen LogP contribution in [0.4, 0.5) is 5.69 Å². The van der Waals surface area contributed by atoms with E-state index in [9.17, 15) is 18.3 Å². The molecule has 0 aromatic heterocycles. The molecule has 3 N–H and O–H groups in total. The van der Waals surface area contributed by atoms with Crippen LogP contribution >= 0.6 is 11.8 Å². The number of aliphatic hydroxyl groups excluding tert-OH is 1. The molecule has 4 aromatic rings. The molecule has 8 nitrogen and oxygen atoms in total. The number of benzene rings is 4. The van der Waals surface area contributed by atoms with Gasteiger partial charge in [-0.2, -0.15) is 0 Å². The number of thioether (sulfide) groups is 1. The summed E-state index contributed by atoms with van der Waals surface area (Å²) < 4.78 is 41.0. The van der Waals surface area contributed by atoms with Crippen molar-refractivity contribution < 1.29 is 27.8 Å². The smallest absolute Gasteiger partial charge is 0.240 e. The highest BCUT2D eigenvalue weighted by molar-refractivity contribution is 7.99. The predicted octanol–water partition coefficient (Wildman–Crippen LogP) is 6.20. The summed E-state index contributed by atoms with van der Waals surface area (Å²) in [6, 6.07) is 31.4. The van der Waals surface area contributed by atoms with Crippen LogP contribution in [0, 0.1) is 5.92 Å². The minimum absolute atomic E-state index is 0.0268. The molecule has 230 valence electrons. The number of sulfonamides is 1. The highest BCUT2D eigenvalue weighted by Crippen LogP contribution is 2.43. The lowest BCUT2D eigenvalue weighted by atomic mass is 9.91. The van der Waals surface area contributed by atoms with Gasteiger partial charge in [0, 0.05) is 41.3 Å². The lowest BCUT2D eigenvalue weighted by Crippen LogP contribution is -2.38. The molecule has 1 aliphatic heterocycles. The summed E-state index contributed by atoms with van der Waals surface area (Å²) in [7, 11) is -3.62. The molecule has 1 aliphatic rings. The minimum atomic E-state index is -3.62. The molecule has 0 radical (unpaired) electrons. The van der Waals surface area contributed by atoms with Crippen molar-refractivity contribution in [3.63, 3.8) is 0 Å². The van der Waals surface area contributed by atoms with E-state index in [-0.39, 0.29) is 42.1 Å². The van der Waals surface area contributed by atoms with E-state index in [0.717, 1.165) is 32.8 Å². The molecular weight excluding hydrogens is 597 g/mol. The molecule has 5 rings (SSSR count). The van der Waals surface area contributed by atoms with Gasteiger partial charge in [-0.3, -0.25) is 4.79 Å². The molecule has 0 spiro atoms. The van der Waals surface area contributed by atoms with Gasteiger partial charge in [-0.15, -0.1) is 11.8 Å². The molecule has 1 heterocycles. The molecule has 0 aliphatic carbocycles. The number of amides is 1. The fourth-order valence-corrected chi connectivity index (χ4v) is 7.09. The van der Waals surface area contributed by atoms with E-state index in [1.165, 1.54) is 6.92 Å². The van der Waals surface area contributed by atoms with Crippen LogP contribution in [0.2, 0.25) is 0 Å². The number of hydrogen-bond donors (Lipinski definition) is 3. The molecule has 0 bridgehead atoms. The zero-order valence-corrected chi connectivity index (χ0v) is 26.2. The van der Waals surface area contributed by atoms with Gasteiger partial charge in [-0.1, -0.05) is 73.7 Å². The molecule has 44 heavy (non-hydrogen) atoms. The van der Waals surface area contributed by atoms with E-state index in [2.05, 4.69) is 17.0 Å². The minimum Gasteiger partial charge on any atom is -0.392 e. The van der Waals surface area contributed by atoms with E-state index < -0.39 is 16.3 Å². The predicted molar refractivity (Wildman–Crippen MR) is 171 cm³/mol. The van der Waals surface area contributed by atoms with Crippen molar-refractivity contribution in [2.24, 2.45) is 5.92 Å². The fourth-order valence-electron chi connectivity index (χ4n) is 4.98. The SMILES string of the molecule is CC(=O)Nc1ccc(SC[C@H]2O[C@@H](c3ccc(CNS(=O)(=O)c4ccccc4)cc3)O[C@@H](c3ccc(CO)cc3)[C@H]2C)cc1. The zero-order chi connectivity index (χ0) is 31.1. The number of carbonyl (C=O) groups is 1. The van der Waals surface area contributed by atoms with Crippen molar-refractivity contribution in [3.8, 4) is 0 Å². The second-order valence-electron chi connectivity index (χ2n) is 10.7. The van der Waals surface area contributed by atoms with Crippen LogP contribution in [0.25, 0.3) is 0 Å². The van der Waals surface area contributed by atoms with Gasteiger partial charge in [-0.05, 0) is 53.1 Å². The highest BCUT2D eigenvalue weighted by atomic mass is 32.2. The van der Waals surface area contributed by atoms with Gasteiger partial charge in [-0.25, -0.2) is 13.1 Å². The van der Waals surface area contributed by atoms with E-state index >= 15 is 0 Å². The quantitative estimate of drug-likeness (QED) is 0.169. The number of aliphatic hydroxyl groups is 1. The summed E-state index contributed by atoms with van der Waals surface area (Å²) in [6.07, 6.45) is -1.02. The number of anilines is 1. The van der Waals surface area contributed by atoms with Gasteiger partial charge in [0.25, 0.3) is 0 Å². The van der Waals surface area contributed by atoms with Crippen molar-refractivity contribution in [2.75, 3.05) is 11.1 Å². The average molecular weight is 633 g/mol. The number of carbonyl (C=O) groups excluding carboxylic acids is 1. The average Bonchev–Trinajstić information content (AvgIpc) is 3.04. The lowest BCUT2D eigenvalue weighted by Gasteiger charge is -2.41. The van der Waals surface area contributed by atoms with Gasteiger partial charge in [0.1, 0.15) is 0 Å². The Labute approximate surface area is 262 Å². The second-order valence-corrected chi connectivity index (χ2v) is 13.6. The Morgan fingerprint density at radius 2 is 1.48 bits per heavy atom. The molecular formula is C34H36N2O6S2. The second kappa shape index (κ2) is 14.5. The number of hydrogen-bond acceptors (Lipinski definition) is 7. The summed E-state index contributed by atoms with van der Waals surface area (Å²) >= 11 is 1.68. The van der Waals surface area contributed by atoms with Crippen molar-refractivity contribution in [2.45, 2.75) is 55.3 Å². The van der Waals surface area contributed by atoms with Crippen molar-refractivity contribution >= 4 is 33.4 Å². The maximum absolute atomic E-state index is 12.6. The molecule has 1 saturated heterocycles. The van der Waals surface area contributed by atoms with Crippen molar-refractivity contribution in [3.05, 3.63) is 125 Å². The Kier molecular flexibility index (Phi) is 10.5. The first-order valence-corrected chi connectivity index (χ1v) is 16.8. The van der Waals surface area contributed by atoms with E-state index in [0.29, 0.717) is 5.75 Å². The summed E-state index contributed by atoms with van der Waals surface area (Å²) in [4.78, 5) is 12.6. The van der Waals surface area contributed by atoms with Gasteiger partial charge in [0.15, 0.2) is 6.29 Å². The maximum atomic E-state index is 12.6. The Bertz CT molecular complexity index is 1630. The van der Waals surface area contributed by atoms with E-state index in [4.69, 9.17) is 9.47 Å². The molecule has 10 heteroatoms. The normalized spacial score (nSPS) is 20.2. The van der Waals surface area contributed by atoms with Crippen LogP contribution in [0.3, 0.4) is 0 Å². The van der Waals surface area contributed by atoms with Crippen LogP contribution in [-0.4, -0.2) is 31.3 Å². The molecule has 1 fully saturated rings. The van der Waals surface area contributed by atoms with Crippen LogP contribution in [0.15, 0.2) is 113 Å². The third kappa shape index (κ3) is 8.15. The Hall–Kier alpha value is -3.51. The lowest BCUT2D eigenvalue weighted by molar-refractivity contribution is -0.268.